The van der Waals surface area contributed by atoms with Gasteiger partial charge in [0.15, 0.2) is 0 Å². The van der Waals surface area contributed by atoms with Crippen molar-refractivity contribution < 1.29 is 9.90 Å². The first-order valence-corrected chi connectivity index (χ1v) is 9.12. The molecule has 0 spiro atoms. The highest BCUT2D eigenvalue weighted by molar-refractivity contribution is 5.79. The topological polar surface area (TPSA) is 47.0 Å². The number of benzene rings is 1. The van der Waals surface area contributed by atoms with Crippen LogP contribution in [0, 0.1) is 5.92 Å². The second kappa shape index (κ2) is 8.10. The summed E-state index contributed by atoms with van der Waals surface area (Å²) in [6.45, 7) is 9.61. The van der Waals surface area contributed by atoms with Crippen LogP contribution in [-0.2, 0) is 17.9 Å². The highest BCUT2D eigenvalue weighted by atomic mass is 16.3. The van der Waals surface area contributed by atoms with E-state index in [0.717, 1.165) is 64.3 Å². The first-order chi connectivity index (χ1) is 11.7. The van der Waals surface area contributed by atoms with Gasteiger partial charge in [-0.2, -0.15) is 0 Å². The lowest BCUT2D eigenvalue weighted by atomic mass is 10.1. The number of carbonyl (C=O) groups is 1. The van der Waals surface area contributed by atoms with Gasteiger partial charge in [0.1, 0.15) is 0 Å². The molecule has 5 nitrogen and oxygen atoms in total. The maximum atomic E-state index is 12.7. The maximum absolute atomic E-state index is 12.7. The Morgan fingerprint density at radius 3 is 2.42 bits per heavy atom. The normalized spacial score (nSPS) is 22.9. The fourth-order valence-electron chi connectivity index (χ4n) is 3.81. The summed E-state index contributed by atoms with van der Waals surface area (Å²) in [4.78, 5) is 19.5. The van der Waals surface area contributed by atoms with E-state index in [1.54, 1.807) is 0 Å². The molecular formula is C19H29N3O2. The molecule has 0 saturated carbocycles. The van der Waals surface area contributed by atoms with Crippen molar-refractivity contribution in [1.82, 2.24) is 14.7 Å². The van der Waals surface area contributed by atoms with Crippen LogP contribution < -0.4 is 0 Å². The molecule has 2 fully saturated rings. The first kappa shape index (κ1) is 17.4. The number of aliphatic hydroxyl groups excluding tert-OH is 1. The highest BCUT2D eigenvalue weighted by Crippen LogP contribution is 2.20. The molecule has 2 heterocycles. The minimum atomic E-state index is 0.0875. The predicted octanol–water partition coefficient (Wildman–Crippen LogP) is 1.16. The Bertz CT molecular complexity index is 555. The fraction of sp³-hybridized carbons (Fsp3) is 0.632. The summed E-state index contributed by atoms with van der Waals surface area (Å²) in [5.74, 6) is 0.549. The summed E-state index contributed by atoms with van der Waals surface area (Å²) < 4.78 is 0. The first-order valence-electron chi connectivity index (χ1n) is 9.12. The van der Waals surface area contributed by atoms with Crippen LogP contribution in [0.2, 0.25) is 0 Å². The average Bonchev–Trinajstić information content (AvgIpc) is 3.11. The number of hydrogen-bond acceptors (Lipinski definition) is 4. The second-order valence-corrected chi connectivity index (χ2v) is 6.91. The molecular weight excluding hydrogens is 302 g/mol. The van der Waals surface area contributed by atoms with Crippen molar-refractivity contribution in [3.05, 3.63) is 35.4 Å². The summed E-state index contributed by atoms with van der Waals surface area (Å²) in [6, 6.07) is 8.05. The van der Waals surface area contributed by atoms with Gasteiger partial charge in [-0.3, -0.25) is 9.69 Å². The molecule has 2 aliphatic heterocycles. The Morgan fingerprint density at radius 1 is 1.08 bits per heavy atom. The van der Waals surface area contributed by atoms with Gasteiger partial charge in [-0.05, 0) is 30.6 Å². The van der Waals surface area contributed by atoms with Crippen molar-refractivity contribution in [1.29, 1.82) is 0 Å². The third-order valence-corrected chi connectivity index (χ3v) is 5.44. The lowest BCUT2D eigenvalue weighted by Crippen LogP contribution is -2.50. The van der Waals surface area contributed by atoms with Gasteiger partial charge < -0.3 is 14.9 Å². The number of rotatable bonds is 5. The minimum Gasteiger partial charge on any atom is -0.392 e. The number of aliphatic hydroxyl groups is 1. The second-order valence-electron chi connectivity index (χ2n) is 6.91. The van der Waals surface area contributed by atoms with E-state index in [4.69, 9.17) is 0 Å². The van der Waals surface area contributed by atoms with Crippen molar-refractivity contribution in [3.8, 4) is 0 Å². The Labute approximate surface area is 144 Å². The number of nitrogens with zero attached hydrogens (tertiary/aromatic N) is 3. The Hall–Kier alpha value is -1.43. The summed E-state index contributed by atoms with van der Waals surface area (Å²) in [5.41, 5.74) is 2.19. The van der Waals surface area contributed by atoms with Crippen molar-refractivity contribution in [2.45, 2.75) is 26.5 Å². The quantitative estimate of drug-likeness (QED) is 0.880. The number of piperazine rings is 1. The molecule has 3 rings (SSSR count). The van der Waals surface area contributed by atoms with E-state index >= 15 is 0 Å². The van der Waals surface area contributed by atoms with Crippen LogP contribution in [0.1, 0.15) is 24.5 Å². The van der Waals surface area contributed by atoms with Gasteiger partial charge in [-0.1, -0.05) is 31.2 Å². The molecule has 1 aromatic carbocycles. The molecule has 2 saturated heterocycles. The summed E-state index contributed by atoms with van der Waals surface area (Å²) in [5, 5.41) is 9.45. The van der Waals surface area contributed by atoms with E-state index in [9.17, 15) is 9.90 Å². The van der Waals surface area contributed by atoms with Crippen LogP contribution in [0.3, 0.4) is 0 Å². The highest BCUT2D eigenvalue weighted by Gasteiger charge is 2.32. The van der Waals surface area contributed by atoms with Crippen LogP contribution in [0.4, 0.5) is 0 Å². The molecule has 1 aromatic rings. The van der Waals surface area contributed by atoms with E-state index < -0.39 is 0 Å². The average molecular weight is 331 g/mol. The van der Waals surface area contributed by atoms with E-state index in [-0.39, 0.29) is 12.5 Å². The predicted molar refractivity (Wildman–Crippen MR) is 94.4 cm³/mol. The van der Waals surface area contributed by atoms with Crippen molar-refractivity contribution in [3.63, 3.8) is 0 Å². The Morgan fingerprint density at radius 2 is 1.79 bits per heavy atom. The number of hydrogen-bond donors (Lipinski definition) is 1. The van der Waals surface area contributed by atoms with Gasteiger partial charge >= 0.3 is 0 Å². The molecule has 1 atom stereocenters. The van der Waals surface area contributed by atoms with Crippen molar-refractivity contribution in [2.24, 2.45) is 5.92 Å². The standard InChI is InChI=1S/C19H29N3O2/c1-2-20-8-7-17(14-20)19(24)22-11-9-21(10-12-22)13-16-5-3-4-6-18(16)15-23/h3-6,17,23H,2,7-15H2,1H3/t17-/m1/s1. The maximum Gasteiger partial charge on any atom is 0.227 e. The fourth-order valence-corrected chi connectivity index (χ4v) is 3.81. The van der Waals surface area contributed by atoms with Crippen LogP contribution in [0.5, 0.6) is 0 Å². The van der Waals surface area contributed by atoms with Gasteiger partial charge in [0, 0.05) is 39.3 Å². The molecule has 1 N–H and O–H groups in total. The van der Waals surface area contributed by atoms with Crippen LogP contribution >= 0.6 is 0 Å². The van der Waals surface area contributed by atoms with Crippen molar-refractivity contribution >= 4 is 5.91 Å². The molecule has 132 valence electrons. The number of carbonyl (C=O) groups excluding carboxylic acids is 1. The van der Waals surface area contributed by atoms with Crippen LogP contribution in [-0.4, -0.2) is 71.5 Å². The van der Waals surface area contributed by atoms with E-state index in [1.165, 1.54) is 5.56 Å². The molecule has 0 unspecified atom stereocenters. The molecule has 0 aromatic heterocycles. The van der Waals surface area contributed by atoms with Gasteiger partial charge in [0.25, 0.3) is 0 Å². The largest absolute Gasteiger partial charge is 0.392 e. The molecule has 24 heavy (non-hydrogen) atoms. The minimum absolute atomic E-state index is 0.0875. The molecule has 0 radical (unpaired) electrons. The summed E-state index contributed by atoms with van der Waals surface area (Å²) in [6.07, 6.45) is 1.01. The van der Waals surface area contributed by atoms with E-state index in [1.807, 2.05) is 18.2 Å². The molecule has 1 amide bonds. The molecule has 0 bridgehead atoms. The van der Waals surface area contributed by atoms with E-state index in [0.29, 0.717) is 5.91 Å². The number of likely N-dealkylation sites (tertiary alicyclic amines) is 1. The third-order valence-electron chi connectivity index (χ3n) is 5.44. The summed E-state index contributed by atoms with van der Waals surface area (Å²) >= 11 is 0. The van der Waals surface area contributed by atoms with Gasteiger partial charge in [0.05, 0.1) is 12.5 Å². The zero-order chi connectivity index (χ0) is 16.9. The third kappa shape index (κ3) is 3.97. The Balaban J connectivity index is 1.50. The van der Waals surface area contributed by atoms with Gasteiger partial charge in [-0.15, -0.1) is 0 Å². The zero-order valence-electron chi connectivity index (χ0n) is 14.7. The van der Waals surface area contributed by atoms with Crippen LogP contribution in [0.25, 0.3) is 0 Å². The smallest absolute Gasteiger partial charge is 0.227 e. The molecule has 0 aliphatic carbocycles. The van der Waals surface area contributed by atoms with Gasteiger partial charge in [-0.25, -0.2) is 0 Å². The summed E-state index contributed by atoms with van der Waals surface area (Å²) in [7, 11) is 0. The van der Waals surface area contributed by atoms with Crippen molar-refractivity contribution in [2.75, 3.05) is 45.8 Å². The number of amides is 1. The zero-order valence-corrected chi connectivity index (χ0v) is 14.7. The molecule has 5 heteroatoms. The molecule has 2 aliphatic rings. The van der Waals surface area contributed by atoms with Gasteiger partial charge in [0.2, 0.25) is 5.91 Å². The Kier molecular flexibility index (Phi) is 5.87. The lowest BCUT2D eigenvalue weighted by Gasteiger charge is -2.36. The van der Waals surface area contributed by atoms with Crippen LogP contribution in [0.15, 0.2) is 24.3 Å². The lowest BCUT2D eigenvalue weighted by molar-refractivity contribution is -0.137. The monoisotopic (exact) mass is 331 g/mol. The SMILES string of the molecule is CCN1CC[C@@H](C(=O)N2CCN(Cc3ccccc3CO)CC2)C1. The van der Waals surface area contributed by atoms with E-state index in [2.05, 4.69) is 27.7 Å².